The molecule has 0 radical (unpaired) electrons. The molecule has 1 saturated carbocycles. The first-order valence-corrected chi connectivity index (χ1v) is 4.32. The van der Waals surface area contributed by atoms with Gasteiger partial charge in [0.1, 0.15) is 0 Å². The number of hydrogen-bond acceptors (Lipinski definition) is 2. The quantitative estimate of drug-likeness (QED) is 0.652. The van der Waals surface area contributed by atoms with Crippen molar-refractivity contribution >= 4 is 0 Å². The molecule has 0 aromatic heterocycles. The van der Waals surface area contributed by atoms with Crippen LogP contribution in [0.2, 0.25) is 0 Å². The standard InChI is InChI=1S/C9H16N2/c1-6(2)7-3-4-8(7)9(11)5-10/h6-9H,3-4,11H2,1-2H3. The van der Waals surface area contributed by atoms with Crippen molar-refractivity contribution in [2.75, 3.05) is 0 Å². The lowest BCUT2D eigenvalue weighted by Gasteiger charge is -2.40. The largest absolute Gasteiger partial charge is 0.316 e. The van der Waals surface area contributed by atoms with Crippen molar-refractivity contribution in [3.63, 3.8) is 0 Å². The van der Waals surface area contributed by atoms with Crippen molar-refractivity contribution in [2.45, 2.75) is 32.7 Å². The Bertz CT molecular complexity index is 169. The Balaban J connectivity index is 2.44. The molecule has 11 heavy (non-hydrogen) atoms. The maximum atomic E-state index is 8.59. The molecule has 1 fully saturated rings. The lowest BCUT2D eigenvalue weighted by atomic mass is 9.65. The third-order valence-electron chi connectivity index (χ3n) is 2.85. The van der Waals surface area contributed by atoms with E-state index >= 15 is 0 Å². The number of nitrogens with zero attached hydrogens (tertiary/aromatic N) is 1. The van der Waals surface area contributed by atoms with E-state index in [1.807, 2.05) is 0 Å². The molecule has 0 aromatic rings. The zero-order valence-corrected chi connectivity index (χ0v) is 7.25. The van der Waals surface area contributed by atoms with Crippen LogP contribution >= 0.6 is 0 Å². The van der Waals surface area contributed by atoms with Crippen LogP contribution in [0.5, 0.6) is 0 Å². The molecule has 0 aromatic carbocycles. The van der Waals surface area contributed by atoms with Crippen LogP contribution < -0.4 is 5.73 Å². The molecule has 0 amide bonds. The fraction of sp³-hybridized carbons (Fsp3) is 0.889. The van der Waals surface area contributed by atoms with Crippen molar-refractivity contribution in [2.24, 2.45) is 23.5 Å². The summed E-state index contributed by atoms with van der Waals surface area (Å²) in [5.74, 6) is 1.86. The van der Waals surface area contributed by atoms with Gasteiger partial charge in [-0.15, -0.1) is 0 Å². The van der Waals surface area contributed by atoms with Gasteiger partial charge in [-0.2, -0.15) is 5.26 Å². The number of hydrogen-bond donors (Lipinski definition) is 1. The number of nitrogens with two attached hydrogens (primary N) is 1. The monoisotopic (exact) mass is 152 g/mol. The topological polar surface area (TPSA) is 49.8 Å². The fourth-order valence-corrected chi connectivity index (χ4v) is 1.92. The van der Waals surface area contributed by atoms with E-state index in [4.69, 9.17) is 11.0 Å². The van der Waals surface area contributed by atoms with Gasteiger partial charge < -0.3 is 5.73 Å². The third kappa shape index (κ3) is 1.54. The molecule has 0 saturated heterocycles. The van der Waals surface area contributed by atoms with E-state index in [0.29, 0.717) is 17.8 Å². The minimum atomic E-state index is -0.226. The van der Waals surface area contributed by atoms with E-state index in [-0.39, 0.29) is 6.04 Å². The highest BCUT2D eigenvalue weighted by Gasteiger charge is 2.36. The molecule has 0 heterocycles. The SMILES string of the molecule is CC(C)C1CCC1C(N)C#N. The van der Waals surface area contributed by atoms with E-state index in [1.54, 1.807) is 0 Å². The molecular weight excluding hydrogens is 136 g/mol. The van der Waals surface area contributed by atoms with Gasteiger partial charge >= 0.3 is 0 Å². The van der Waals surface area contributed by atoms with Crippen molar-refractivity contribution in [1.82, 2.24) is 0 Å². The van der Waals surface area contributed by atoms with Gasteiger partial charge in [-0.3, -0.25) is 0 Å². The summed E-state index contributed by atoms with van der Waals surface area (Å²) >= 11 is 0. The van der Waals surface area contributed by atoms with Crippen LogP contribution in [-0.4, -0.2) is 6.04 Å². The lowest BCUT2D eigenvalue weighted by molar-refractivity contribution is 0.112. The van der Waals surface area contributed by atoms with E-state index in [9.17, 15) is 0 Å². The Morgan fingerprint density at radius 1 is 1.36 bits per heavy atom. The predicted molar refractivity (Wildman–Crippen MR) is 44.6 cm³/mol. The Labute approximate surface area is 68.4 Å². The molecule has 2 nitrogen and oxygen atoms in total. The van der Waals surface area contributed by atoms with Crippen LogP contribution in [0.3, 0.4) is 0 Å². The molecule has 0 spiro atoms. The van der Waals surface area contributed by atoms with Gasteiger partial charge in [0.15, 0.2) is 0 Å². The van der Waals surface area contributed by atoms with Crippen LogP contribution in [0.4, 0.5) is 0 Å². The van der Waals surface area contributed by atoms with Crippen LogP contribution in [-0.2, 0) is 0 Å². The van der Waals surface area contributed by atoms with Gasteiger partial charge in [-0.1, -0.05) is 13.8 Å². The molecule has 1 rings (SSSR count). The van der Waals surface area contributed by atoms with Crippen molar-refractivity contribution < 1.29 is 0 Å². The highest BCUT2D eigenvalue weighted by atomic mass is 14.7. The minimum absolute atomic E-state index is 0.226. The maximum Gasteiger partial charge on any atom is 0.0959 e. The molecule has 3 atom stereocenters. The first-order valence-electron chi connectivity index (χ1n) is 4.32. The highest BCUT2D eigenvalue weighted by molar-refractivity contribution is 4.99. The normalized spacial score (nSPS) is 32.6. The molecule has 1 aliphatic carbocycles. The predicted octanol–water partition coefficient (Wildman–Crippen LogP) is 1.52. The zero-order valence-electron chi connectivity index (χ0n) is 7.25. The number of rotatable bonds is 2. The first kappa shape index (κ1) is 8.55. The summed E-state index contributed by atoms with van der Waals surface area (Å²) in [5.41, 5.74) is 5.65. The second kappa shape index (κ2) is 3.23. The average Bonchev–Trinajstić information content (AvgIpc) is 1.83. The summed E-state index contributed by atoms with van der Waals surface area (Å²) in [7, 11) is 0. The van der Waals surface area contributed by atoms with Crippen LogP contribution in [0.1, 0.15) is 26.7 Å². The molecule has 3 unspecified atom stereocenters. The molecule has 62 valence electrons. The third-order valence-corrected chi connectivity index (χ3v) is 2.85. The van der Waals surface area contributed by atoms with E-state index < -0.39 is 0 Å². The highest BCUT2D eigenvalue weighted by Crippen LogP contribution is 2.40. The second-order valence-electron chi connectivity index (χ2n) is 3.80. The summed E-state index contributed by atoms with van der Waals surface area (Å²) < 4.78 is 0. The van der Waals surface area contributed by atoms with Gasteiger partial charge in [0, 0.05) is 0 Å². The molecule has 0 aliphatic heterocycles. The second-order valence-corrected chi connectivity index (χ2v) is 3.80. The molecule has 2 heteroatoms. The first-order chi connectivity index (χ1) is 5.16. The van der Waals surface area contributed by atoms with Crippen LogP contribution in [0, 0.1) is 29.1 Å². The molecule has 2 N–H and O–H groups in total. The zero-order chi connectivity index (χ0) is 8.43. The van der Waals surface area contributed by atoms with E-state index in [2.05, 4.69) is 19.9 Å². The van der Waals surface area contributed by atoms with Crippen molar-refractivity contribution in [3.8, 4) is 6.07 Å². The summed E-state index contributed by atoms with van der Waals surface area (Å²) in [5, 5.41) is 8.59. The van der Waals surface area contributed by atoms with E-state index in [1.165, 1.54) is 6.42 Å². The minimum Gasteiger partial charge on any atom is -0.316 e. The van der Waals surface area contributed by atoms with Gasteiger partial charge in [0.05, 0.1) is 12.1 Å². The Morgan fingerprint density at radius 3 is 2.18 bits per heavy atom. The van der Waals surface area contributed by atoms with Gasteiger partial charge in [-0.25, -0.2) is 0 Å². The van der Waals surface area contributed by atoms with Gasteiger partial charge in [0.2, 0.25) is 0 Å². The van der Waals surface area contributed by atoms with Gasteiger partial charge in [-0.05, 0) is 30.6 Å². The lowest BCUT2D eigenvalue weighted by Crippen LogP contribution is -2.42. The smallest absolute Gasteiger partial charge is 0.0959 e. The van der Waals surface area contributed by atoms with Crippen molar-refractivity contribution in [3.05, 3.63) is 0 Å². The molecule has 1 aliphatic rings. The Hall–Kier alpha value is -0.550. The Morgan fingerprint density at radius 2 is 1.91 bits per heavy atom. The summed E-state index contributed by atoms with van der Waals surface area (Å²) in [6, 6.07) is 1.90. The maximum absolute atomic E-state index is 8.59. The molecular formula is C9H16N2. The van der Waals surface area contributed by atoms with Crippen LogP contribution in [0.15, 0.2) is 0 Å². The average molecular weight is 152 g/mol. The summed E-state index contributed by atoms with van der Waals surface area (Å²) in [6.07, 6.45) is 2.41. The summed E-state index contributed by atoms with van der Waals surface area (Å²) in [6.45, 7) is 4.42. The molecule has 0 bridgehead atoms. The Kier molecular flexibility index (Phi) is 2.51. The van der Waals surface area contributed by atoms with E-state index in [0.717, 1.165) is 6.42 Å². The van der Waals surface area contributed by atoms with Crippen molar-refractivity contribution in [1.29, 1.82) is 5.26 Å². The summed E-state index contributed by atoms with van der Waals surface area (Å²) in [4.78, 5) is 0. The number of nitriles is 1. The van der Waals surface area contributed by atoms with Crippen LogP contribution in [0.25, 0.3) is 0 Å². The van der Waals surface area contributed by atoms with Gasteiger partial charge in [0.25, 0.3) is 0 Å². The fourth-order valence-electron chi connectivity index (χ4n) is 1.92.